The Balaban J connectivity index is 0.966. The molecule has 2 aromatic heterocycles. The summed E-state index contributed by atoms with van der Waals surface area (Å²) in [7, 11) is 2.55. The molecule has 55 heavy (non-hydrogen) atoms. The summed E-state index contributed by atoms with van der Waals surface area (Å²) in [6, 6.07) is 14.4. The predicted octanol–water partition coefficient (Wildman–Crippen LogP) is 5.48. The van der Waals surface area contributed by atoms with Gasteiger partial charge in [0, 0.05) is 23.5 Å². The molecule has 284 valence electrons. The third kappa shape index (κ3) is 6.16. The summed E-state index contributed by atoms with van der Waals surface area (Å²) in [5.41, 5.74) is 6.66. The number of alkyl carbamates (subject to hydrolysis) is 2. The standard InChI is InChI=1S/C40H42N8O7/c1-53-39(51)42-18-34(49)47-12-4-7-31(47)37-41-17-29(45-37)22-8-10-25-24(13-22)20-55-33-16-26-21(14-27(25)33)9-11-28-36(26)46-38(44-28)32-15-23-5-3-6-30(23)48(32)35(50)19-43-40(52)54-2/h8-11,13-14,16-17,23,30-32H,3-7,12,15,18-20H2,1-2H3,(H,41,45)(H,42,51)(H,43,52)(H,44,46)/t23-,30-,31?,32-/m0/s1. The molecule has 2 saturated heterocycles. The number of ether oxygens (including phenoxy) is 3. The number of rotatable bonds is 7. The smallest absolute Gasteiger partial charge is 0.407 e. The topological polar surface area (TPSA) is 184 Å². The third-order valence-corrected chi connectivity index (χ3v) is 11.7. The zero-order valence-corrected chi connectivity index (χ0v) is 30.6. The Morgan fingerprint density at radius 2 is 1.69 bits per heavy atom. The molecule has 9 rings (SSSR count). The summed E-state index contributed by atoms with van der Waals surface area (Å²) in [5, 5.41) is 7.02. The lowest BCUT2D eigenvalue weighted by atomic mass is 9.92. The molecule has 1 saturated carbocycles. The van der Waals surface area contributed by atoms with Crippen molar-refractivity contribution < 1.29 is 33.4 Å². The number of aromatic amines is 2. The van der Waals surface area contributed by atoms with E-state index in [-0.39, 0.29) is 43.0 Å². The molecule has 1 aliphatic carbocycles. The van der Waals surface area contributed by atoms with E-state index in [1.165, 1.54) is 14.2 Å². The number of hydrogen-bond donors (Lipinski definition) is 4. The first kappa shape index (κ1) is 34.6. The molecule has 0 bridgehead atoms. The quantitative estimate of drug-likeness (QED) is 0.167. The monoisotopic (exact) mass is 746 g/mol. The highest BCUT2D eigenvalue weighted by molar-refractivity contribution is 6.07. The van der Waals surface area contributed by atoms with Crippen LogP contribution in [0.4, 0.5) is 9.59 Å². The van der Waals surface area contributed by atoms with Crippen molar-refractivity contribution in [3.8, 4) is 28.1 Å². The zero-order chi connectivity index (χ0) is 37.8. The summed E-state index contributed by atoms with van der Waals surface area (Å²) in [6.07, 6.45) is 6.10. The number of fused-ring (bicyclic) bond motifs is 7. The van der Waals surface area contributed by atoms with Crippen molar-refractivity contribution in [2.45, 2.75) is 63.3 Å². The zero-order valence-electron chi connectivity index (χ0n) is 30.6. The Labute approximate surface area is 316 Å². The number of hydrogen-bond acceptors (Lipinski definition) is 9. The number of aromatic nitrogens is 4. The van der Waals surface area contributed by atoms with Crippen molar-refractivity contribution in [3.05, 3.63) is 65.9 Å². The molecule has 3 fully saturated rings. The van der Waals surface area contributed by atoms with Crippen LogP contribution in [-0.4, -0.2) is 93.6 Å². The van der Waals surface area contributed by atoms with Gasteiger partial charge in [-0.25, -0.2) is 19.6 Å². The average molecular weight is 747 g/mol. The van der Waals surface area contributed by atoms with E-state index in [1.807, 2.05) is 11.0 Å². The van der Waals surface area contributed by atoms with Gasteiger partial charge in [-0.15, -0.1) is 0 Å². The minimum atomic E-state index is -0.641. The van der Waals surface area contributed by atoms with E-state index in [9.17, 15) is 19.2 Å². The maximum Gasteiger partial charge on any atom is 0.407 e. The summed E-state index contributed by atoms with van der Waals surface area (Å²) < 4.78 is 15.7. The normalized spacial score (nSPS) is 21.2. The van der Waals surface area contributed by atoms with Gasteiger partial charge in [0.05, 0.1) is 49.2 Å². The second-order valence-corrected chi connectivity index (χ2v) is 14.7. The molecule has 0 spiro atoms. The second kappa shape index (κ2) is 13.9. The maximum atomic E-state index is 13.5. The van der Waals surface area contributed by atoms with E-state index in [2.05, 4.69) is 71.5 Å². The minimum absolute atomic E-state index is 0.120. The molecule has 15 heteroatoms. The minimum Gasteiger partial charge on any atom is -0.488 e. The highest BCUT2D eigenvalue weighted by Gasteiger charge is 2.47. The number of amides is 4. The summed E-state index contributed by atoms with van der Waals surface area (Å²) in [4.78, 5) is 70.0. The highest BCUT2D eigenvalue weighted by atomic mass is 16.5. The van der Waals surface area contributed by atoms with Crippen LogP contribution in [0.5, 0.6) is 5.75 Å². The van der Waals surface area contributed by atoms with Crippen LogP contribution in [0.15, 0.2) is 48.7 Å². The number of benzene rings is 3. The molecular weight excluding hydrogens is 704 g/mol. The van der Waals surface area contributed by atoms with Crippen LogP contribution in [0.25, 0.3) is 44.2 Å². The van der Waals surface area contributed by atoms with Crippen LogP contribution in [0.2, 0.25) is 0 Å². The van der Waals surface area contributed by atoms with Crippen molar-refractivity contribution >= 4 is 45.8 Å². The maximum absolute atomic E-state index is 13.5. The van der Waals surface area contributed by atoms with Gasteiger partial charge in [-0.2, -0.15) is 0 Å². The van der Waals surface area contributed by atoms with Gasteiger partial charge >= 0.3 is 12.2 Å². The molecule has 0 radical (unpaired) electrons. The lowest BCUT2D eigenvalue weighted by Crippen LogP contribution is -2.44. The molecule has 15 nitrogen and oxygen atoms in total. The number of carbonyl (C=O) groups is 4. The molecule has 4 aliphatic rings. The number of carbonyl (C=O) groups excluding carboxylic acids is 4. The lowest BCUT2D eigenvalue weighted by Gasteiger charge is -2.29. The fraction of sp³-hybridized carbons (Fsp3) is 0.400. The van der Waals surface area contributed by atoms with E-state index in [0.717, 1.165) is 99.9 Å². The highest BCUT2D eigenvalue weighted by Crippen LogP contribution is 2.48. The van der Waals surface area contributed by atoms with Gasteiger partial charge in [-0.1, -0.05) is 24.6 Å². The molecule has 4 N–H and O–H groups in total. The van der Waals surface area contributed by atoms with Crippen molar-refractivity contribution in [1.29, 1.82) is 0 Å². The first-order chi connectivity index (χ1) is 26.8. The Morgan fingerprint density at radius 1 is 0.873 bits per heavy atom. The van der Waals surface area contributed by atoms with Gasteiger partial charge in [-0.3, -0.25) is 9.59 Å². The molecular formula is C40H42N8O7. The van der Waals surface area contributed by atoms with Gasteiger partial charge in [0.2, 0.25) is 11.8 Å². The SMILES string of the molecule is COC(=O)NCC(=O)N1CCCC1c1ncc(-c2ccc3c(c2)COc2cc4c(ccc5[nH]c([C@@H]6C[C@@H]7CCC[C@@H]7N6C(=O)CNC(=O)OC)nc54)cc2-3)[nH]1. The van der Waals surface area contributed by atoms with Crippen LogP contribution in [0.1, 0.15) is 67.8 Å². The second-order valence-electron chi connectivity index (χ2n) is 14.7. The Bertz CT molecular complexity index is 2350. The number of likely N-dealkylation sites (tertiary alicyclic amines) is 2. The first-order valence-electron chi connectivity index (χ1n) is 18.8. The summed E-state index contributed by atoms with van der Waals surface area (Å²) >= 11 is 0. The average Bonchev–Trinajstić information content (AvgIpc) is 4.05. The van der Waals surface area contributed by atoms with Crippen LogP contribution >= 0.6 is 0 Å². The van der Waals surface area contributed by atoms with Crippen LogP contribution < -0.4 is 15.4 Å². The van der Waals surface area contributed by atoms with E-state index in [4.69, 9.17) is 9.72 Å². The van der Waals surface area contributed by atoms with Gasteiger partial charge in [0.1, 0.15) is 37.1 Å². The molecule has 5 heterocycles. The van der Waals surface area contributed by atoms with E-state index >= 15 is 0 Å². The Morgan fingerprint density at radius 3 is 2.51 bits per heavy atom. The third-order valence-electron chi connectivity index (χ3n) is 11.7. The van der Waals surface area contributed by atoms with Crippen molar-refractivity contribution in [2.75, 3.05) is 33.9 Å². The largest absolute Gasteiger partial charge is 0.488 e. The van der Waals surface area contributed by atoms with E-state index in [0.29, 0.717) is 24.9 Å². The van der Waals surface area contributed by atoms with Gasteiger partial charge in [-0.05, 0) is 84.4 Å². The molecule has 3 aromatic carbocycles. The number of nitrogens with zero attached hydrogens (tertiary/aromatic N) is 4. The van der Waals surface area contributed by atoms with Crippen LogP contribution in [0.3, 0.4) is 0 Å². The van der Waals surface area contributed by atoms with Gasteiger partial charge in [0.25, 0.3) is 0 Å². The fourth-order valence-corrected chi connectivity index (χ4v) is 9.16. The Kier molecular flexibility index (Phi) is 8.78. The lowest BCUT2D eigenvalue weighted by molar-refractivity contribution is -0.133. The van der Waals surface area contributed by atoms with Gasteiger partial charge < -0.3 is 44.6 Å². The van der Waals surface area contributed by atoms with E-state index in [1.54, 1.807) is 11.1 Å². The molecule has 1 unspecified atom stereocenters. The first-order valence-corrected chi connectivity index (χ1v) is 18.8. The molecule has 4 amide bonds. The summed E-state index contributed by atoms with van der Waals surface area (Å²) in [5.74, 6) is 2.34. The van der Waals surface area contributed by atoms with Crippen molar-refractivity contribution in [1.82, 2.24) is 40.4 Å². The summed E-state index contributed by atoms with van der Waals surface area (Å²) in [6.45, 7) is 0.737. The Hall–Kier alpha value is -6.12. The predicted molar refractivity (Wildman–Crippen MR) is 201 cm³/mol. The van der Waals surface area contributed by atoms with E-state index < -0.39 is 12.2 Å². The fourth-order valence-electron chi connectivity index (χ4n) is 9.16. The molecule has 4 atom stereocenters. The number of nitrogens with one attached hydrogen (secondary N) is 4. The van der Waals surface area contributed by atoms with Crippen LogP contribution in [0, 0.1) is 5.92 Å². The number of methoxy groups -OCH3 is 2. The van der Waals surface area contributed by atoms with Gasteiger partial charge in [0.15, 0.2) is 0 Å². The number of H-pyrrole nitrogens is 2. The number of imidazole rings is 2. The van der Waals surface area contributed by atoms with Crippen LogP contribution in [-0.2, 0) is 25.7 Å². The molecule has 5 aromatic rings. The molecule has 3 aliphatic heterocycles. The van der Waals surface area contributed by atoms with Crippen molar-refractivity contribution in [2.24, 2.45) is 5.92 Å². The van der Waals surface area contributed by atoms with Crippen molar-refractivity contribution in [3.63, 3.8) is 0 Å².